The van der Waals surface area contributed by atoms with Crippen LogP contribution in [0.2, 0.25) is 0 Å². The second-order valence-corrected chi connectivity index (χ2v) is 7.47. The first-order valence-electron chi connectivity index (χ1n) is 9.67. The number of carbonyl (C=O) groups is 3. The van der Waals surface area contributed by atoms with Crippen LogP contribution in [0.4, 0.5) is 26.3 Å². The van der Waals surface area contributed by atoms with Crippen LogP contribution in [0.5, 0.6) is 0 Å². The van der Waals surface area contributed by atoms with Gasteiger partial charge in [-0.2, -0.15) is 31.4 Å². The number of nitrogens with zero attached hydrogens (tertiary/aromatic N) is 3. The van der Waals surface area contributed by atoms with Crippen molar-refractivity contribution in [1.82, 2.24) is 20.0 Å². The number of likely N-dealkylation sites (tertiary alicyclic amines) is 1. The van der Waals surface area contributed by atoms with Gasteiger partial charge in [-0.25, -0.2) is 9.59 Å². The largest absolute Gasteiger partial charge is 0.490 e. The van der Waals surface area contributed by atoms with Crippen LogP contribution in [0, 0.1) is 5.41 Å². The van der Waals surface area contributed by atoms with Gasteiger partial charge in [-0.15, -0.1) is 0 Å². The number of carboxylic acids is 2. The first-order valence-corrected chi connectivity index (χ1v) is 9.67. The van der Waals surface area contributed by atoms with Gasteiger partial charge >= 0.3 is 24.3 Å². The number of halogens is 6. The summed E-state index contributed by atoms with van der Waals surface area (Å²) in [5.41, 5.74) is 0.826. The number of nitrogens with one attached hydrogen (secondary N) is 1. The maximum Gasteiger partial charge on any atom is 0.490 e. The van der Waals surface area contributed by atoms with Gasteiger partial charge < -0.3 is 20.3 Å². The van der Waals surface area contributed by atoms with Gasteiger partial charge in [0.05, 0.1) is 17.7 Å². The fourth-order valence-electron chi connectivity index (χ4n) is 3.55. The van der Waals surface area contributed by atoms with Crippen LogP contribution >= 0.6 is 0 Å². The Labute approximate surface area is 189 Å². The Morgan fingerprint density at radius 3 is 2.12 bits per heavy atom. The first kappa shape index (κ1) is 29.2. The molecule has 0 radical (unpaired) electrons. The molecule has 0 bridgehead atoms. The van der Waals surface area contributed by atoms with E-state index in [1.165, 1.54) is 5.56 Å². The zero-order chi connectivity index (χ0) is 26.3. The second-order valence-electron chi connectivity index (χ2n) is 7.47. The summed E-state index contributed by atoms with van der Waals surface area (Å²) in [5.74, 6) is -5.39. The molecule has 1 aromatic heterocycles. The van der Waals surface area contributed by atoms with Crippen LogP contribution in [-0.4, -0.2) is 87.9 Å². The van der Waals surface area contributed by atoms with Crippen LogP contribution in [0.25, 0.3) is 0 Å². The molecular formula is C18H24F6N4O6. The minimum absolute atomic E-state index is 0.0765. The Kier molecular flexibility index (Phi) is 9.86. The topological polar surface area (TPSA) is 134 Å². The minimum atomic E-state index is -5.08. The number of alkyl halides is 6. The summed E-state index contributed by atoms with van der Waals surface area (Å²) in [6.07, 6.45) is -4.42. The predicted octanol–water partition coefficient (Wildman–Crippen LogP) is 1.41. The van der Waals surface area contributed by atoms with E-state index >= 15 is 0 Å². The van der Waals surface area contributed by atoms with E-state index in [9.17, 15) is 31.1 Å². The van der Waals surface area contributed by atoms with E-state index in [0.717, 1.165) is 32.5 Å². The quantitative estimate of drug-likeness (QED) is 0.524. The number of ether oxygens (including phenoxy) is 1. The number of hydrogen-bond donors (Lipinski definition) is 3. The molecular weight excluding hydrogens is 482 g/mol. The smallest absolute Gasteiger partial charge is 0.475 e. The molecule has 0 saturated carbocycles. The maximum atomic E-state index is 12.3. The Morgan fingerprint density at radius 1 is 1.18 bits per heavy atom. The third kappa shape index (κ3) is 8.16. The number of aryl methyl sites for hydroxylation is 1. The van der Waals surface area contributed by atoms with Crippen molar-refractivity contribution >= 4 is 17.8 Å². The summed E-state index contributed by atoms with van der Waals surface area (Å²) in [5, 5.41) is 21.3. The van der Waals surface area contributed by atoms with Crippen LogP contribution in [0.1, 0.15) is 18.4 Å². The summed E-state index contributed by atoms with van der Waals surface area (Å²) in [6.45, 7) is 3.28. The second kappa shape index (κ2) is 11.5. The van der Waals surface area contributed by atoms with Crippen LogP contribution in [-0.2, 0) is 32.7 Å². The standard InChI is InChI=1S/C14H22N4O2.2C2HF3O2/c1-15-13(19)14-4-6-20-12(14)3-5-18(10-14)9-11-7-16-17(2)8-11;2*3-2(4,5)1(6)7/h7-8,12H,3-6,9-10H2,1-2H3,(H,15,19);2*(H,6,7)/t12-,14-;;/m1../s1. The molecule has 3 rings (SSSR count). The molecule has 2 atom stereocenters. The molecule has 0 aliphatic carbocycles. The van der Waals surface area contributed by atoms with Crippen molar-refractivity contribution in [1.29, 1.82) is 0 Å². The molecule has 2 aliphatic rings. The summed E-state index contributed by atoms with van der Waals surface area (Å²) < 4.78 is 71.1. The van der Waals surface area contributed by atoms with Crippen molar-refractivity contribution in [2.75, 3.05) is 26.7 Å². The molecule has 194 valence electrons. The first-order chi connectivity index (χ1) is 15.5. The van der Waals surface area contributed by atoms with E-state index in [-0.39, 0.29) is 17.4 Å². The number of carboxylic acid groups (broad SMARTS) is 2. The molecule has 16 heteroatoms. The van der Waals surface area contributed by atoms with Gasteiger partial charge in [-0.1, -0.05) is 0 Å². The SMILES string of the molecule is CNC(=O)[C@@]12CCO[C@@H]1CCN(Cc1cnn(C)c1)C2.O=C(O)C(F)(F)F.O=C(O)C(F)(F)F. The van der Waals surface area contributed by atoms with Crippen molar-refractivity contribution < 1.29 is 55.7 Å². The van der Waals surface area contributed by atoms with Crippen molar-refractivity contribution in [3.05, 3.63) is 18.0 Å². The van der Waals surface area contributed by atoms with Gasteiger partial charge in [0.2, 0.25) is 5.91 Å². The summed E-state index contributed by atoms with van der Waals surface area (Å²) in [4.78, 5) is 32.5. The fraction of sp³-hybridized carbons (Fsp3) is 0.667. The Hall–Kier alpha value is -2.88. The third-order valence-corrected chi connectivity index (χ3v) is 5.03. The van der Waals surface area contributed by atoms with Gasteiger partial charge in [0.1, 0.15) is 0 Å². The van der Waals surface area contributed by atoms with E-state index in [0.29, 0.717) is 6.61 Å². The average molecular weight is 506 g/mol. The van der Waals surface area contributed by atoms with Gasteiger partial charge in [0.25, 0.3) is 0 Å². The molecule has 0 aromatic carbocycles. The van der Waals surface area contributed by atoms with Gasteiger partial charge in [0.15, 0.2) is 0 Å². The number of rotatable bonds is 3. The predicted molar refractivity (Wildman–Crippen MR) is 101 cm³/mol. The van der Waals surface area contributed by atoms with Gasteiger partial charge in [0, 0.05) is 52.1 Å². The lowest BCUT2D eigenvalue weighted by atomic mass is 9.75. The number of hydrogen-bond acceptors (Lipinski definition) is 6. The lowest BCUT2D eigenvalue weighted by Crippen LogP contribution is -2.56. The molecule has 10 nitrogen and oxygen atoms in total. The zero-order valence-corrected chi connectivity index (χ0v) is 18.1. The monoisotopic (exact) mass is 506 g/mol. The zero-order valence-electron chi connectivity index (χ0n) is 18.1. The highest BCUT2D eigenvalue weighted by molar-refractivity contribution is 5.83. The molecule has 2 saturated heterocycles. The van der Waals surface area contributed by atoms with Crippen molar-refractivity contribution in [3.8, 4) is 0 Å². The van der Waals surface area contributed by atoms with Crippen LogP contribution in [0.3, 0.4) is 0 Å². The number of aliphatic carboxylic acids is 2. The average Bonchev–Trinajstić information content (AvgIpc) is 3.33. The molecule has 1 amide bonds. The molecule has 34 heavy (non-hydrogen) atoms. The van der Waals surface area contributed by atoms with E-state index in [2.05, 4.69) is 15.3 Å². The molecule has 0 spiro atoms. The number of fused-ring (bicyclic) bond motifs is 1. The van der Waals surface area contributed by atoms with E-state index < -0.39 is 24.3 Å². The Balaban J connectivity index is 0.000000343. The van der Waals surface area contributed by atoms with Crippen molar-refractivity contribution in [2.24, 2.45) is 12.5 Å². The Morgan fingerprint density at radius 2 is 1.71 bits per heavy atom. The van der Waals surface area contributed by atoms with Crippen LogP contribution in [0.15, 0.2) is 12.4 Å². The van der Waals surface area contributed by atoms with E-state index in [4.69, 9.17) is 24.5 Å². The molecule has 2 aliphatic heterocycles. The normalized spacial score (nSPS) is 22.4. The number of piperidine rings is 1. The molecule has 2 fully saturated rings. The third-order valence-electron chi connectivity index (χ3n) is 5.03. The lowest BCUT2D eigenvalue weighted by molar-refractivity contribution is -0.193. The highest BCUT2D eigenvalue weighted by atomic mass is 19.4. The lowest BCUT2D eigenvalue weighted by Gasteiger charge is -2.42. The van der Waals surface area contributed by atoms with E-state index in [1.54, 1.807) is 7.05 Å². The summed E-state index contributed by atoms with van der Waals surface area (Å²) >= 11 is 0. The highest BCUT2D eigenvalue weighted by Crippen LogP contribution is 2.41. The van der Waals surface area contributed by atoms with Crippen molar-refractivity contribution in [3.63, 3.8) is 0 Å². The van der Waals surface area contributed by atoms with Gasteiger partial charge in [-0.05, 0) is 12.8 Å². The molecule has 0 unspecified atom stereocenters. The molecule has 1 aromatic rings. The van der Waals surface area contributed by atoms with E-state index in [1.807, 2.05) is 24.1 Å². The van der Waals surface area contributed by atoms with Gasteiger partial charge in [-0.3, -0.25) is 14.4 Å². The summed E-state index contributed by atoms with van der Waals surface area (Å²) in [6, 6.07) is 0. The Bertz CT molecular complexity index is 835. The summed E-state index contributed by atoms with van der Waals surface area (Å²) in [7, 11) is 3.64. The number of carbonyl (C=O) groups excluding carboxylic acids is 1. The number of amides is 1. The molecule has 3 N–H and O–H groups in total. The molecule has 3 heterocycles. The highest BCUT2D eigenvalue weighted by Gasteiger charge is 2.52. The minimum Gasteiger partial charge on any atom is -0.475 e. The fourth-order valence-corrected chi connectivity index (χ4v) is 3.55. The maximum absolute atomic E-state index is 12.3. The van der Waals surface area contributed by atoms with Crippen LogP contribution < -0.4 is 5.32 Å². The number of aromatic nitrogens is 2. The van der Waals surface area contributed by atoms with Crippen molar-refractivity contribution in [2.45, 2.75) is 37.8 Å².